The minimum Gasteiger partial charge on any atom is -0.444 e. The Labute approximate surface area is 143 Å². The molecular formula is C15H19N3O7. The van der Waals surface area contributed by atoms with Crippen LogP contribution in [0, 0.1) is 10.1 Å². The molecule has 0 unspecified atom stereocenters. The van der Waals surface area contributed by atoms with Gasteiger partial charge in [0.2, 0.25) is 5.91 Å². The maximum atomic E-state index is 12.1. The number of nitrogens with one attached hydrogen (secondary N) is 1. The van der Waals surface area contributed by atoms with E-state index in [0.717, 1.165) is 12.1 Å². The fourth-order valence-electron chi connectivity index (χ4n) is 1.67. The number of carbonyl (C=O) groups is 3. The maximum Gasteiger partial charge on any atom is 0.408 e. The molecule has 0 heterocycles. The molecule has 0 aromatic heterocycles. The van der Waals surface area contributed by atoms with Gasteiger partial charge in [0.1, 0.15) is 17.4 Å². The molecule has 1 rings (SSSR count). The van der Waals surface area contributed by atoms with Crippen molar-refractivity contribution in [2.24, 2.45) is 5.73 Å². The van der Waals surface area contributed by atoms with Crippen LogP contribution in [0.25, 0.3) is 0 Å². The van der Waals surface area contributed by atoms with Gasteiger partial charge in [-0.15, -0.1) is 0 Å². The van der Waals surface area contributed by atoms with E-state index in [2.05, 4.69) is 5.32 Å². The van der Waals surface area contributed by atoms with Gasteiger partial charge < -0.3 is 20.5 Å². The number of amides is 2. The summed E-state index contributed by atoms with van der Waals surface area (Å²) in [6.07, 6.45) is -1.41. The third-order valence-electron chi connectivity index (χ3n) is 2.65. The van der Waals surface area contributed by atoms with E-state index >= 15 is 0 Å². The third kappa shape index (κ3) is 7.29. The molecule has 1 aromatic rings. The molecule has 10 nitrogen and oxygen atoms in total. The number of ether oxygens (including phenoxy) is 2. The van der Waals surface area contributed by atoms with Crippen molar-refractivity contribution >= 4 is 23.7 Å². The highest BCUT2D eigenvalue weighted by Crippen LogP contribution is 2.18. The van der Waals surface area contributed by atoms with Gasteiger partial charge in [-0.2, -0.15) is 0 Å². The molecule has 1 atom stereocenters. The normalized spacial score (nSPS) is 12.0. The van der Waals surface area contributed by atoms with E-state index in [4.69, 9.17) is 15.2 Å². The summed E-state index contributed by atoms with van der Waals surface area (Å²) in [6.45, 7) is 4.89. The Morgan fingerprint density at radius 2 is 1.80 bits per heavy atom. The lowest BCUT2D eigenvalue weighted by atomic mass is 10.2. The number of primary amides is 1. The third-order valence-corrected chi connectivity index (χ3v) is 2.65. The van der Waals surface area contributed by atoms with Crippen molar-refractivity contribution in [1.29, 1.82) is 0 Å². The number of nitrogens with two attached hydrogens (primary N) is 1. The highest BCUT2D eigenvalue weighted by atomic mass is 16.6. The summed E-state index contributed by atoms with van der Waals surface area (Å²) in [5.74, 6) is -1.78. The fraction of sp³-hybridized carbons (Fsp3) is 0.400. The Morgan fingerprint density at radius 3 is 2.24 bits per heavy atom. The summed E-state index contributed by atoms with van der Waals surface area (Å²) in [5, 5.41) is 12.8. The lowest BCUT2D eigenvalue weighted by Crippen LogP contribution is -2.47. The number of alkyl carbamates (subject to hydrolysis) is 1. The Bertz CT molecular complexity index is 665. The van der Waals surface area contributed by atoms with Gasteiger partial charge in [-0.05, 0) is 32.9 Å². The molecule has 0 fully saturated rings. The summed E-state index contributed by atoms with van der Waals surface area (Å²) in [6, 6.07) is 3.36. The molecule has 0 aliphatic rings. The molecule has 25 heavy (non-hydrogen) atoms. The SMILES string of the molecule is CC(C)(C)OC(=O)N[C@@H](CC(N)=O)C(=O)Oc1ccc([N+](=O)[O-])cc1. The summed E-state index contributed by atoms with van der Waals surface area (Å²) in [4.78, 5) is 45.0. The monoisotopic (exact) mass is 353 g/mol. The quantitative estimate of drug-likeness (QED) is 0.338. The van der Waals surface area contributed by atoms with Crippen LogP contribution in [-0.2, 0) is 14.3 Å². The van der Waals surface area contributed by atoms with Gasteiger partial charge in [0.15, 0.2) is 0 Å². The number of nitro groups is 1. The Hall–Kier alpha value is -3.17. The molecule has 0 saturated heterocycles. The molecule has 1 aromatic carbocycles. The van der Waals surface area contributed by atoms with Gasteiger partial charge in [-0.1, -0.05) is 0 Å². The predicted molar refractivity (Wildman–Crippen MR) is 85.7 cm³/mol. The Kier molecular flexibility index (Phi) is 6.43. The molecule has 136 valence electrons. The van der Waals surface area contributed by atoms with Crippen LogP contribution >= 0.6 is 0 Å². The summed E-state index contributed by atoms with van der Waals surface area (Å²) >= 11 is 0. The van der Waals surface area contributed by atoms with E-state index in [-0.39, 0.29) is 11.4 Å². The topological polar surface area (TPSA) is 151 Å². The number of hydrogen-bond acceptors (Lipinski definition) is 7. The summed E-state index contributed by atoms with van der Waals surface area (Å²) in [5.41, 5.74) is 4.08. The molecule has 0 aliphatic carbocycles. The zero-order chi connectivity index (χ0) is 19.2. The van der Waals surface area contributed by atoms with Crippen molar-refractivity contribution < 1.29 is 28.8 Å². The lowest BCUT2D eigenvalue weighted by molar-refractivity contribution is -0.384. The average Bonchev–Trinajstić information content (AvgIpc) is 2.44. The highest BCUT2D eigenvalue weighted by molar-refractivity contribution is 5.88. The van der Waals surface area contributed by atoms with Crippen LogP contribution in [0.1, 0.15) is 27.2 Å². The van der Waals surface area contributed by atoms with E-state index in [9.17, 15) is 24.5 Å². The number of carbonyl (C=O) groups excluding carboxylic acids is 3. The standard InChI is InChI=1S/C15H19N3O7/c1-15(2,3)25-14(21)17-11(8-12(16)19)13(20)24-10-6-4-9(5-7-10)18(22)23/h4-7,11H,8H2,1-3H3,(H2,16,19)(H,17,21)/t11-/m0/s1. The number of hydrogen-bond donors (Lipinski definition) is 2. The van der Waals surface area contributed by atoms with Gasteiger partial charge in [0, 0.05) is 12.1 Å². The van der Waals surface area contributed by atoms with E-state index < -0.39 is 41.0 Å². The van der Waals surface area contributed by atoms with Crippen molar-refractivity contribution in [3.8, 4) is 5.75 Å². The smallest absolute Gasteiger partial charge is 0.408 e. The zero-order valence-electron chi connectivity index (χ0n) is 14.0. The molecule has 2 amide bonds. The average molecular weight is 353 g/mol. The molecule has 0 saturated carbocycles. The first-order chi connectivity index (χ1) is 11.5. The van der Waals surface area contributed by atoms with Crippen LogP contribution in [-0.4, -0.2) is 34.5 Å². The largest absolute Gasteiger partial charge is 0.444 e. The summed E-state index contributed by atoms with van der Waals surface area (Å²) < 4.78 is 10.0. The second-order valence-electron chi connectivity index (χ2n) is 6.04. The van der Waals surface area contributed by atoms with Gasteiger partial charge in [-0.25, -0.2) is 9.59 Å². The number of esters is 1. The van der Waals surface area contributed by atoms with Crippen LogP contribution in [0.15, 0.2) is 24.3 Å². The molecular weight excluding hydrogens is 334 g/mol. The van der Waals surface area contributed by atoms with Crippen LogP contribution in [0.5, 0.6) is 5.75 Å². The molecule has 0 aliphatic heterocycles. The zero-order valence-corrected chi connectivity index (χ0v) is 14.0. The molecule has 10 heteroatoms. The summed E-state index contributed by atoms with van der Waals surface area (Å²) in [7, 11) is 0. The number of rotatable bonds is 6. The van der Waals surface area contributed by atoms with Crippen molar-refractivity contribution in [2.45, 2.75) is 38.8 Å². The Balaban J connectivity index is 2.80. The first kappa shape index (κ1) is 19.9. The Morgan fingerprint density at radius 1 is 1.24 bits per heavy atom. The van der Waals surface area contributed by atoms with Crippen LogP contribution < -0.4 is 15.8 Å². The van der Waals surface area contributed by atoms with E-state index in [1.54, 1.807) is 20.8 Å². The number of non-ortho nitro benzene ring substituents is 1. The van der Waals surface area contributed by atoms with Crippen LogP contribution in [0.4, 0.5) is 10.5 Å². The first-order valence-corrected chi connectivity index (χ1v) is 7.22. The van der Waals surface area contributed by atoms with E-state index in [1.807, 2.05) is 0 Å². The van der Waals surface area contributed by atoms with Gasteiger partial charge in [0.25, 0.3) is 5.69 Å². The number of nitrogens with zero attached hydrogens (tertiary/aromatic N) is 1. The van der Waals surface area contributed by atoms with Crippen molar-refractivity contribution in [3.63, 3.8) is 0 Å². The molecule has 3 N–H and O–H groups in total. The van der Waals surface area contributed by atoms with Crippen LogP contribution in [0.3, 0.4) is 0 Å². The molecule has 0 spiro atoms. The second kappa shape index (κ2) is 8.08. The maximum absolute atomic E-state index is 12.1. The van der Waals surface area contributed by atoms with Gasteiger partial charge in [-0.3, -0.25) is 14.9 Å². The lowest BCUT2D eigenvalue weighted by Gasteiger charge is -2.22. The molecule has 0 bridgehead atoms. The fourth-order valence-corrected chi connectivity index (χ4v) is 1.67. The van der Waals surface area contributed by atoms with Crippen molar-refractivity contribution in [1.82, 2.24) is 5.32 Å². The van der Waals surface area contributed by atoms with E-state index in [1.165, 1.54) is 12.1 Å². The second-order valence-corrected chi connectivity index (χ2v) is 6.04. The molecule has 0 radical (unpaired) electrons. The van der Waals surface area contributed by atoms with Gasteiger partial charge >= 0.3 is 12.1 Å². The van der Waals surface area contributed by atoms with Crippen molar-refractivity contribution in [2.75, 3.05) is 0 Å². The minimum absolute atomic E-state index is 0.0102. The minimum atomic E-state index is -1.36. The number of benzene rings is 1. The predicted octanol–water partition coefficient (Wildman–Crippen LogP) is 1.27. The van der Waals surface area contributed by atoms with E-state index in [0.29, 0.717) is 0 Å². The number of nitro benzene ring substituents is 1. The van der Waals surface area contributed by atoms with Crippen molar-refractivity contribution in [3.05, 3.63) is 34.4 Å². The highest BCUT2D eigenvalue weighted by Gasteiger charge is 2.27. The first-order valence-electron chi connectivity index (χ1n) is 7.22. The van der Waals surface area contributed by atoms with Crippen LogP contribution in [0.2, 0.25) is 0 Å². The van der Waals surface area contributed by atoms with Gasteiger partial charge in [0.05, 0.1) is 11.3 Å².